The van der Waals surface area contributed by atoms with Gasteiger partial charge in [-0.1, -0.05) is 0 Å². The summed E-state index contributed by atoms with van der Waals surface area (Å²) in [5, 5.41) is 2.38. The Balaban J connectivity index is 3.50. The fourth-order valence-electron chi connectivity index (χ4n) is 0.727. The van der Waals surface area contributed by atoms with Crippen LogP contribution in [0.5, 0.6) is 0 Å². The molecule has 0 aromatic carbocycles. The van der Waals surface area contributed by atoms with Gasteiger partial charge in [-0.3, -0.25) is 0 Å². The Morgan fingerprint density at radius 3 is 2.31 bits per heavy atom. The first-order valence-corrected chi connectivity index (χ1v) is 5.87. The number of thioether (sulfide) groups is 1. The Morgan fingerprint density at radius 1 is 1.31 bits per heavy atom. The molecular formula is C9H16F3NO2S. The quantitative estimate of drug-likeness (QED) is 0.789. The summed E-state index contributed by atoms with van der Waals surface area (Å²) in [4.78, 5) is 11.1. The van der Waals surface area contributed by atoms with E-state index >= 15 is 0 Å². The van der Waals surface area contributed by atoms with Crippen LogP contribution in [0, 0.1) is 0 Å². The average molecular weight is 259 g/mol. The van der Waals surface area contributed by atoms with Crippen molar-refractivity contribution in [3.8, 4) is 0 Å². The predicted molar refractivity (Wildman–Crippen MR) is 57.6 cm³/mol. The second-order valence-corrected chi connectivity index (χ2v) is 5.20. The molecule has 0 saturated heterocycles. The van der Waals surface area contributed by atoms with Crippen molar-refractivity contribution in [1.29, 1.82) is 0 Å². The number of halogens is 3. The second-order valence-electron chi connectivity index (χ2n) is 4.10. The average Bonchev–Trinajstić information content (AvgIpc) is 1.97. The maximum absolute atomic E-state index is 11.7. The van der Waals surface area contributed by atoms with E-state index in [4.69, 9.17) is 4.74 Å². The van der Waals surface area contributed by atoms with Crippen molar-refractivity contribution in [2.45, 2.75) is 32.5 Å². The molecule has 0 heterocycles. The molecule has 0 aromatic heterocycles. The van der Waals surface area contributed by atoms with Crippen molar-refractivity contribution in [2.24, 2.45) is 0 Å². The van der Waals surface area contributed by atoms with Crippen molar-refractivity contribution < 1.29 is 22.7 Å². The molecule has 96 valence electrons. The summed E-state index contributed by atoms with van der Waals surface area (Å²) in [6.07, 6.45) is -4.77. The predicted octanol–water partition coefficient (Wildman–Crippen LogP) is 2.81. The van der Waals surface area contributed by atoms with Gasteiger partial charge in [-0.15, -0.1) is 0 Å². The third kappa shape index (κ3) is 11.5. The number of amides is 1. The van der Waals surface area contributed by atoms with E-state index in [1.54, 1.807) is 20.8 Å². The number of rotatable bonds is 4. The molecule has 0 aliphatic heterocycles. The van der Waals surface area contributed by atoms with Crippen molar-refractivity contribution in [3.05, 3.63) is 0 Å². The molecule has 0 saturated carbocycles. The van der Waals surface area contributed by atoms with Crippen LogP contribution < -0.4 is 5.32 Å². The van der Waals surface area contributed by atoms with Gasteiger partial charge in [0, 0.05) is 12.3 Å². The Kier molecular flexibility index (Phi) is 5.99. The van der Waals surface area contributed by atoms with Gasteiger partial charge in [-0.2, -0.15) is 24.9 Å². The molecule has 0 atom stereocenters. The molecule has 0 bridgehead atoms. The summed E-state index contributed by atoms with van der Waals surface area (Å²) in [6, 6.07) is 0. The Morgan fingerprint density at radius 2 is 1.88 bits per heavy atom. The van der Waals surface area contributed by atoms with Crippen LogP contribution in [0.25, 0.3) is 0 Å². The fraction of sp³-hybridized carbons (Fsp3) is 0.889. The van der Waals surface area contributed by atoms with Gasteiger partial charge < -0.3 is 10.1 Å². The summed E-state index contributed by atoms with van der Waals surface area (Å²) >= 11 is 0.725. The Bertz CT molecular complexity index is 226. The lowest BCUT2D eigenvalue weighted by atomic mass is 10.2. The van der Waals surface area contributed by atoms with Crippen LogP contribution in [0.2, 0.25) is 0 Å². The fourth-order valence-corrected chi connectivity index (χ4v) is 1.35. The van der Waals surface area contributed by atoms with E-state index in [1.165, 1.54) is 0 Å². The van der Waals surface area contributed by atoms with Gasteiger partial charge in [0.15, 0.2) is 0 Å². The number of alkyl carbamates (subject to hydrolysis) is 1. The van der Waals surface area contributed by atoms with Crippen LogP contribution in [-0.2, 0) is 4.74 Å². The summed E-state index contributed by atoms with van der Waals surface area (Å²) in [5.41, 5.74) is -0.594. The first kappa shape index (κ1) is 15.4. The zero-order valence-corrected chi connectivity index (χ0v) is 10.3. The van der Waals surface area contributed by atoms with E-state index in [0.29, 0.717) is 0 Å². The highest BCUT2D eigenvalue weighted by molar-refractivity contribution is 7.99. The van der Waals surface area contributed by atoms with E-state index in [-0.39, 0.29) is 12.3 Å². The number of hydrogen-bond donors (Lipinski definition) is 1. The van der Waals surface area contributed by atoms with Crippen molar-refractivity contribution in [3.63, 3.8) is 0 Å². The molecule has 0 aromatic rings. The van der Waals surface area contributed by atoms with Gasteiger partial charge in [-0.05, 0) is 20.8 Å². The van der Waals surface area contributed by atoms with E-state index in [9.17, 15) is 18.0 Å². The highest BCUT2D eigenvalue weighted by atomic mass is 32.2. The Labute approximate surface area is 97.1 Å². The maximum atomic E-state index is 11.7. The lowest BCUT2D eigenvalue weighted by molar-refractivity contribution is -0.105. The third-order valence-corrected chi connectivity index (χ3v) is 2.20. The van der Waals surface area contributed by atoms with Crippen LogP contribution in [0.15, 0.2) is 0 Å². The van der Waals surface area contributed by atoms with E-state index in [1.807, 2.05) is 0 Å². The normalized spacial score (nSPS) is 12.4. The monoisotopic (exact) mass is 259 g/mol. The first-order valence-electron chi connectivity index (χ1n) is 4.71. The van der Waals surface area contributed by atoms with Crippen LogP contribution in [-0.4, -0.2) is 35.9 Å². The molecule has 1 amide bonds. The number of hydrogen-bond acceptors (Lipinski definition) is 3. The molecular weight excluding hydrogens is 243 g/mol. The number of alkyl halides is 3. The summed E-state index contributed by atoms with van der Waals surface area (Å²) in [5.74, 6) is -0.693. The lowest BCUT2D eigenvalue weighted by Crippen LogP contribution is -2.33. The molecule has 16 heavy (non-hydrogen) atoms. The number of carbonyl (C=O) groups is 1. The minimum atomic E-state index is -4.16. The van der Waals surface area contributed by atoms with Gasteiger partial charge >= 0.3 is 12.3 Å². The van der Waals surface area contributed by atoms with Gasteiger partial charge in [0.05, 0.1) is 5.75 Å². The van der Waals surface area contributed by atoms with Crippen molar-refractivity contribution in [2.75, 3.05) is 18.1 Å². The first-order chi connectivity index (χ1) is 7.10. The van der Waals surface area contributed by atoms with Gasteiger partial charge in [0.1, 0.15) is 5.60 Å². The van der Waals surface area contributed by atoms with E-state index < -0.39 is 23.6 Å². The van der Waals surface area contributed by atoms with Crippen LogP contribution >= 0.6 is 11.8 Å². The molecule has 0 radical (unpaired) electrons. The third-order valence-electron chi connectivity index (χ3n) is 1.18. The van der Waals surface area contributed by atoms with Crippen LogP contribution in [0.3, 0.4) is 0 Å². The number of nitrogens with one attached hydrogen (secondary N) is 1. The summed E-state index contributed by atoms with van der Waals surface area (Å²) in [7, 11) is 0. The summed E-state index contributed by atoms with van der Waals surface area (Å²) in [6.45, 7) is 5.30. The zero-order valence-electron chi connectivity index (χ0n) is 9.48. The smallest absolute Gasteiger partial charge is 0.407 e. The molecule has 0 aliphatic carbocycles. The standard InChI is InChI=1S/C9H16F3NO2S/c1-8(2,3)15-7(14)13-4-5-16-6-9(10,11)12/h4-6H2,1-3H3,(H,13,14). The highest BCUT2D eigenvalue weighted by Crippen LogP contribution is 2.20. The minimum absolute atomic E-state index is 0.162. The molecule has 3 nitrogen and oxygen atoms in total. The number of carbonyl (C=O) groups excluding carboxylic acids is 1. The molecule has 0 rings (SSSR count). The molecule has 7 heteroatoms. The highest BCUT2D eigenvalue weighted by Gasteiger charge is 2.26. The lowest BCUT2D eigenvalue weighted by Gasteiger charge is -2.19. The van der Waals surface area contributed by atoms with Gasteiger partial charge in [0.2, 0.25) is 0 Å². The number of ether oxygens (including phenoxy) is 1. The van der Waals surface area contributed by atoms with E-state index in [0.717, 1.165) is 11.8 Å². The van der Waals surface area contributed by atoms with E-state index in [2.05, 4.69) is 5.32 Å². The minimum Gasteiger partial charge on any atom is -0.444 e. The Hall–Kier alpha value is -0.590. The van der Waals surface area contributed by atoms with Crippen LogP contribution in [0.4, 0.5) is 18.0 Å². The second kappa shape index (κ2) is 6.22. The van der Waals surface area contributed by atoms with Crippen molar-refractivity contribution >= 4 is 17.9 Å². The van der Waals surface area contributed by atoms with Gasteiger partial charge in [-0.25, -0.2) is 4.79 Å². The molecule has 0 fully saturated rings. The molecule has 0 spiro atoms. The van der Waals surface area contributed by atoms with Gasteiger partial charge in [0.25, 0.3) is 0 Å². The molecule has 0 aliphatic rings. The largest absolute Gasteiger partial charge is 0.444 e. The topological polar surface area (TPSA) is 38.3 Å². The SMILES string of the molecule is CC(C)(C)OC(=O)NCCSCC(F)(F)F. The molecule has 1 N–H and O–H groups in total. The maximum Gasteiger partial charge on any atom is 0.407 e. The van der Waals surface area contributed by atoms with Crippen molar-refractivity contribution in [1.82, 2.24) is 5.32 Å². The van der Waals surface area contributed by atoms with Crippen LogP contribution in [0.1, 0.15) is 20.8 Å². The molecule has 0 unspecified atom stereocenters. The summed E-state index contributed by atoms with van der Waals surface area (Å²) < 4.78 is 40.1. The zero-order chi connectivity index (χ0) is 12.8.